The number of Topliss-reactive ketones (excluding diaryl/α,β-unsaturated/α-hetero) is 1. The Morgan fingerprint density at radius 3 is 2.54 bits per heavy atom. The maximum atomic E-state index is 12.8. The summed E-state index contributed by atoms with van der Waals surface area (Å²) in [6, 6.07) is 6.97. The van der Waals surface area contributed by atoms with Gasteiger partial charge in [0.1, 0.15) is 17.7 Å². The predicted molar refractivity (Wildman–Crippen MR) is 86.5 cm³/mol. The van der Waals surface area contributed by atoms with Gasteiger partial charge in [0.2, 0.25) is 11.7 Å². The molecule has 4 rings (SSSR count). The SMILES string of the molecule is O=C(C1=NNC2C(=O)N(c3ccc([N+](=O)[O-])cc3)C(=O)C12)c1ccco1. The zero-order valence-corrected chi connectivity index (χ0v) is 13.0. The molecule has 0 saturated carbocycles. The lowest BCUT2D eigenvalue weighted by Gasteiger charge is -2.15. The van der Waals surface area contributed by atoms with Crippen molar-refractivity contribution in [2.45, 2.75) is 6.04 Å². The van der Waals surface area contributed by atoms with Crippen molar-refractivity contribution in [3.63, 3.8) is 0 Å². The standard InChI is InChI=1S/C16H10N4O6/c21-14(10-2-1-7-26-10)12-11-13(18-17-12)16(23)19(15(11)22)8-3-5-9(6-4-8)20(24)25/h1-7,11,13,18H. The van der Waals surface area contributed by atoms with E-state index in [4.69, 9.17) is 4.42 Å². The van der Waals surface area contributed by atoms with E-state index in [9.17, 15) is 24.5 Å². The summed E-state index contributed by atoms with van der Waals surface area (Å²) in [5.41, 5.74) is 2.44. The summed E-state index contributed by atoms with van der Waals surface area (Å²) < 4.78 is 5.03. The van der Waals surface area contributed by atoms with Crippen molar-refractivity contribution in [3.8, 4) is 0 Å². The molecule has 2 unspecified atom stereocenters. The molecule has 10 nitrogen and oxygen atoms in total. The van der Waals surface area contributed by atoms with E-state index in [1.165, 1.54) is 42.7 Å². The maximum absolute atomic E-state index is 12.8. The van der Waals surface area contributed by atoms with Crippen LogP contribution in [-0.4, -0.2) is 34.3 Å². The molecule has 1 fully saturated rings. The number of anilines is 1. The van der Waals surface area contributed by atoms with Gasteiger partial charge in [0.25, 0.3) is 11.6 Å². The summed E-state index contributed by atoms with van der Waals surface area (Å²) in [6.45, 7) is 0. The second-order valence-corrected chi connectivity index (χ2v) is 5.67. The Hall–Kier alpha value is -3.82. The number of benzene rings is 1. The third-order valence-electron chi connectivity index (χ3n) is 4.22. The first-order valence-corrected chi connectivity index (χ1v) is 7.52. The van der Waals surface area contributed by atoms with E-state index >= 15 is 0 Å². The number of fused-ring (bicyclic) bond motifs is 1. The summed E-state index contributed by atoms with van der Waals surface area (Å²) in [4.78, 5) is 48.8. The Morgan fingerprint density at radius 1 is 1.19 bits per heavy atom. The molecule has 1 aromatic heterocycles. The first-order chi connectivity index (χ1) is 12.5. The van der Waals surface area contributed by atoms with Crippen LogP contribution in [0.1, 0.15) is 10.6 Å². The lowest BCUT2D eigenvalue weighted by atomic mass is 9.95. The van der Waals surface area contributed by atoms with Crippen LogP contribution in [0.25, 0.3) is 0 Å². The van der Waals surface area contributed by atoms with Crippen molar-refractivity contribution in [1.29, 1.82) is 0 Å². The van der Waals surface area contributed by atoms with Crippen molar-refractivity contribution in [1.82, 2.24) is 5.43 Å². The van der Waals surface area contributed by atoms with Crippen LogP contribution in [0, 0.1) is 16.0 Å². The minimum Gasteiger partial charge on any atom is -0.461 e. The van der Waals surface area contributed by atoms with Gasteiger partial charge in [-0.2, -0.15) is 5.10 Å². The number of amides is 2. The molecule has 0 bridgehead atoms. The second kappa shape index (κ2) is 5.62. The zero-order valence-electron chi connectivity index (χ0n) is 13.0. The fraction of sp³-hybridized carbons (Fsp3) is 0.125. The van der Waals surface area contributed by atoms with Crippen LogP contribution in [0.5, 0.6) is 0 Å². The highest BCUT2D eigenvalue weighted by molar-refractivity contribution is 6.52. The predicted octanol–water partition coefficient (Wildman–Crippen LogP) is 0.888. The third kappa shape index (κ3) is 2.19. The highest BCUT2D eigenvalue weighted by atomic mass is 16.6. The minimum atomic E-state index is -1.07. The Bertz CT molecular complexity index is 963. The summed E-state index contributed by atoms with van der Waals surface area (Å²) in [7, 11) is 0. The Morgan fingerprint density at radius 2 is 1.92 bits per heavy atom. The molecule has 10 heteroatoms. The first kappa shape index (κ1) is 15.7. The van der Waals surface area contributed by atoms with E-state index in [0.29, 0.717) is 0 Å². The fourth-order valence-corrected chi connectivity index (χ4v) is 2.99. The summed E-state index contributed by atoms with van der Waals surface area (Å²) >= 11 is 0. The van der Waals surface area contributed by atoms with Crippen molar-refractivity contribution >= 4 is 34.7 Å². The molecule has 1 aromatic carbocycles. The van der Waals surface area contributed by atoms with E-state index in [2.05, 4.69) is 10.5 Å². The number of nitro benzene ring substituents is 1. The van der Waals surface area contributed by atoms with Crippen LogP contribution < -0.4 is 10.3 Å². The number of non-ortho nitro benzene ring substituents is 1. The molecule has 1 saturated heterocycles. The second-order valence-electron chi connectivity index (χ2n) is 5.67. The topological polar surface area (TPSA) is 135 Å². The normalized spacial score (nSPS) is 21.4. The van der Waals surface area contributed by atoms with E-state index in [1.54, 1.807) is 0 Å². The number of hydrogen-bond acceptors (Lipinski definition) is 8. The molecule has 0 radical (unpaired) electrons. The number of rotatable bonds is 4. The van der Waals surface area contributed by atoms with Crippen LogP contribution in [0.3, 0.4) is 0 Å². The number of carbonyl (C=O) groups is 3. The Balaban J connectivity index is 1.64. The zero-order chi connectivity index (χ0) is 18.4. The number of carbonyl (C=O) groups excluding carboxylic acids is 3. The summed E-state index contributed by atoms with van der Waals surface area (Å²) in [5, 5.41) is 14.6. The molecule has 0 spiro atoms. The third-order valence-corrected chi connectivity index (χ3v) is 4.22. The van der Waals surface area contributed by atoms with Crippen LogP contribution in [0.15, 0.2) is 52.2 Å². The van der Waals surface area contributed by atoms with Gasteiger partial charge in [0, 0.05) is 12.1 Å². The molecule has 2 aromatic rings. The minimum absolute atomic E-state index is 0.0141. The smallest absolute Gasteiger partial charge is 0.269 e. The Kier molecular flexibility index (Phi) is 3.39. The highest BCUT2D eigenvalue weighted by Crippen LogP contribution is 2.32. The lowest BCUT2D eigenvalue weighted by molar-refractivity contribution is -0.384. The molecular weight excluding hydrogens is 344 g/mol. The maximum Gasteiger partial charge on any atom is 0.269 e. The number of hydrazone groups is 1. The van der Waals surface area contributed by atoms with Crippen LogP contribution in [0.2, 0.25) is 0 Å². The molecule has 2 atom stereocenters. The number of ketones is 1. The molecule has 2 aliphatic heterocycles. The van der Waals surface area contributed by atoms with Gasteiger partial charge in [-0.1, -0.05) is 0 Å². The van der Waals surface area contributed by atoms with Crippen LogP contribution in [0.4, 0.5) is 11.4 Å². The largest absolute Gasteiger partial charge is 0.461 e. The summed E-state index contributed by atoms with van der Waals surface area (Å²) in [6.07, 6.45) is 1.32. The van der Waals surface area contributed by atoms with Gasteiger partial charge in [-0.05, 0) is 24.3 Å². The van der Waals surface area contributed by atoms with Crippen molar-refractivity contribution < 1.29 is 23.7 Å². The van der Waals surface area contributed by atoms with Gasteiger partial charge in [0.15, 0.2) is 5.76 Å². The van der Waals surface area contributed by atoms with Gasteiger partial charge in [-0.3, -0.25) is 29.9 Å². The average Bonchev–Trinajstić information content (AvgIpc) is 3.35. The van der Waals surface area contributed by atoms with Crippen LogP contribution >= 0.6 is 0 Å². The molecule has 0 aliphatic carbocycles. The number of imide groups is 1. The van der Waals surface area contributed by atoms with Gasteiger partial charge in [0.05, 0.1) is 16.9 Å². The van der Waals surface area contributed by atoms with Crippen LogP contribution in [-0.2, 0) is 9.59 Å². The first-order valence-electron chi connectivity index (χ1n) is 7.52. The molecule has 1 N–H and O–H groups in total. The number of furan rings is 1. The molecule has 2 amide bonds. The number of nitro groups is 1. The Labute approximate surface area is 145 Å². The average molecular weight is 354 g/mol. The molecule has 26 heavy (non-hydrogen) atoms. The lowest BCUT2D eigenvalue weighted by Crippen LogP contribution is -2.36. The monoisotopic (exact) mass is 354 g/mol. The van der Waals surface area contributed by atoms with E-state index in [-0.39, 0.29) is 22.8 Å². The molecule has 3 heterocycles. The number of nitrogens with zero attached hydrogens (tertiary/aromatic N) is 3. The molecular formula is C16H10N4O6. The fourth-order valence-electron chi connectivity index (χ4n) is 2.99. The van der Waals surface area contributed by atoms with Crippen molar-refractivity contribution in [2.75, 3.05) is 4.90 Å². The summed E-state index contributed by atoms with van der Waals surface area (Å²) in [5.74, 6) is -2.85. The van der Waals surface area contributed by atoms with Gasteiger partial charge >= 0.3 is 0 Å². The molecule has 2 aliphatic rings. The quantitative estimate of drug-likeness (QED) is 0.373. The van der Waals surface area contributed by atoms with Gasteiger partial charge in [-0.25, -0.2) is 4.90 Å². The van der Waals surface area contributed by atoms with E-state index in [1.807, 2.05) is 0 Å². The number of nitrogens with one attached hydrogen (secondary N) is 1. The number of hydrogen-bond donors (Lipinski definition) is 1. The van der Waals surface area contributed by atoms with E-state index < -0.39 is 34.5 Å². The van der Waals surface area contributed by atoms with Crippen molar-refractivity contribution in [2.24, 2.45) is 11.0 Å². The molecule has 130 valence electrons. The van der Waals surface area contributed by atoms with Gasteiger partial charge in [-0.15, -0.1) is 0 Å². The van der Waals surface area contributed by atoms with Crippen molar-refractivity contribution in [3.05, 3.63) is 58.5 Å². The highest BCUT2D eigenvalue weighted by Gasteiger charge is 2.55. The van der Waals surface area contributed by atoms with E-state index in [0.717, 1.165) is 4.90 Å². The van der Waals surface area contributed by atoms with Gasteiger partial charge < -0.3 is 4.42 Å².